The van der Waals surface area contributed by atoms with E-state index in [4.69, 9.17) is 0 Å². The van der Waals surface area contributed by atoms with Crippen molar-refractivity contribution < 1.29 is 4.79 Å². The Morgan fingerprint density at radius 2 is 1.93 bits per heavy atom. The third kappa shape index (κ3) is 2.79. The molecule has 1 saturated heterocycles. The van der Waals surface area contributed by atoms with Gasteiger partial charge in [-0.05, 0) is 37.3 Å². The summed E-state index contributed by atoms with van der Waals surface area (Å²) in [4.78, 5) is 36.6. The van der Waals surface area contributed by atoms with Crippen molar-refractivity contribution in [3.63, 3.8) is 0 Å². The maximum Gasteiger partial charge on any atom is 0.255 e. The molecule has 5 heterocycles. The van der Waals surface area contributed by atoms with Crippen LogP contribution in [0.15, 0.2) is 41.6 Å². The van der Waals surface area contributed by atoms with E-state index in [1.807, 2.05) is 34.0 Å². The second-order valence-electron chi connectivity index (χ2n) is 9.07. The highest BCUT2D eigenvalue weighted by molar-refractivity contribution is 5.96. The second kappa shape index (κ2) is 6.79. The molecule has 154 valence electrons. The van der Waals surface area contributed by atoms with Gasteiger partial charge in [0.25, 0.3) is 11.5 Å². The standard InChI is InChI=1S/C23H25N5O2/c29-21-7-3-6-20-17-8-15(12-27(20)21)11-26(13-17)23(30)16-9-19-22(24-10-16)28(14-25-19)18-4-1-2-5-18/h3,6-7,9-10,14-15,17-18H,1-2,4-5,8,11-13H2/t15-,17+/m0/s1. The Kier molecular flexibility index (Phi) is 4.04. The zero-order chi connectivity index (χ0) is 20.2. The zero-order valence-corrected chi connectivity index (χ0v) is 16.9. The van der Waals surface area contributed by atoms with Crippen LogP contribution in [0.25, 0.3) is 11.2 Å². The number of likely N-dealkylation sites (tertiary alicyclic amines) is 1. The van der Waals surface area contributed by atoms with E-state index >= 15 is 0 Å². The fraction of sp³-hybridized carbons (Fsp3) is 0.478. The number of carbonyl (C=O) groups is 1. The number of hydrogen-bond acceptors (Lipinski definition) is 4. The SMILES string of the molecule is O=C(c1cnc2c(c1)ncn2C1CCCC1)N1C[C@@H]2C[C@H](C1)c1cccc(=O)n1C2. The first-order valence-corrected chi connectivity index (χ1v) is 11.0. The first kappa shape index (κ1) is 17.9. The predicted molar refractivity (Wildman–Crippen MR) is 112 cm³/mol. The van der Waals surface area contributed by atoms with Crippen molar-refractivity contribution in [1.29, 1.82) is 0 Å². The van der Waals surface area contributed by atoms with Gasteiger partial charge >= 0.3 is 0 Å². The summed E-state index contributed by atoms with van der Waals surface area (Å²) in [6.45, 7) is 2.02. The number of hydrogen-bond donors (Lipinski definition) is 0. The van der Waals surface area contributed by atoms with Crippen molar-refractivity contribution in [2.75, 3.05) is 13.1 Å². The topological polar surface area (TPSA) is 73.0 Å². The summed E-state index contributed by atoms with van der Waals surface area (Å²) < 4.78 is 4.07. The summed E-state index contributed by atoms with van der Waals surface area (Å²) in [5, 5.41) is 0. The molecule has 7 heteroatoms. The number of fused-ring (bicyclic) bond motifs is 5. The van der Waals surface area contributed by atoms with Crippen molar-refractivity contribution in [3.8, 4) is 0 Å². The van der Waals surface area contributed by atoms with Gasteiger partial charge in [0.15, 0.2) is 5.65 Å². The minimum Gasteiger partial charge on any atom is -0.338 e. The summed E-state index contributed by atoms with van der Waals surface area (Å²) in [5.41, 5.74) is 3.39. The lowest BCUT2D eigenvalue weighted by atomic mass is 9.83. The van der Waals surface area contributed by atoms with Crippen molar-refractivity contribution in [2.24, 2.45) is 5.92 Å². The third-order valence-corrected chi connectivity index (χ3v) is 7.15. The Balaban J connectivity index is 1.27. The number of pyridine rings is 2. The monoisotopic (exact) mass is 403 g/mol. The Morgan fingerprint density at radius 3 is 2.80 bits per heavy atom. The van der Waals surface area contributed by atoms with Crippen LogP contribution in [0.3, 0.4) is 0 Å². The molecule has 3 aliphatic rings. The normalized spacial score (nSPS) is 23.7. The molecule has 2 bridgehead atoms. The molecule has 0 N–H and O–H groups in total. The molecule has 0 aromatic carbocycles. The van der Waals surface area contributed by atoms with Crippen molar-refractivity contribution in [1.82, 2.24) is 24.0 Å². The molecule has 3 aromatic rings. The minimum atomic E-state index is 0.0150. The summed E-state index contributed by atoms with van der Waals surface area (Å²) in [7, 11) is 0. The molecule has 30 heavy (non-hydrogen) atoms. The molecule has 0 unspecified atom stereocenters. The van der Waals surface area contributed by atoms with E-state index in [9.17, 15) is 9.59 Å². The molecule has 0 radical (unpaired) electrons. The van der Waals surface area contributed by atoms with Crippen molar-refractivity contribution in [3.05, 3.63) is 58.4 Å². The molecule has 6 rings (SSSR count). The highest BCUT2D eigenvalue weighted by atomic mass is 16.2. The average molecular weight is 403 g/mol. The molecular weight excluding hydrogens is 378 g/mol. The van der Waals surface area contributed by atoms with E-state index in [2.05, 4.69) is 14.5 Å². The molecule has 0 spiro atoms. The van der Waals surface area contributed by atoms with E-state index in [0.717, 1.165) is 23.3 Å². The number of carbonyl (C=O) groups excluding carboxylic acids is 1. The lowest BCUT2D eigenvalue weighted by Gasteiger charge is -2.42. The molecule has 3 aromatic heterocycles. The summed E-state index contributed by atoms with van der Waals surface area (Å²) in [6.07, 6.45) is 9.49. The van der Waals surface area contributed by atoms with Gasteiger partial charge in [0.2, 0.25) is 0 Å². The summed E-state index contributed by atoms with van der Waals surface area (Å²) >= 11 is 0. The van der Waals surface area contributed by atoms with Crippen molar-refractivity contribution >= 4 is 17.1 Å². The molecule has 2 fully saturated rings. The van der Waals surface area contributed by atoms with Crippen LogP contribution in [-0.4, -0.2) is 43.0 Å². The quantitative estimate of drug-likeness (QED) is 0.659. The van der Waals surface area contributed by atoms with Crippen LogP contribution in [-0.2, 0) is 6.54 Å². The maximum atomic E-state index is 13.3. The highest BCUT2D eigenvalue weighted by Crippen LogP contribution is 2.36. The van der Waals surface area contributed by atoms with Gasteiger partial charge in [-0.3, -0.25) is 9.59 Å². The van der Waals surface area contributed by atoms with Gasteiger partial charge in [-0.2, -0.15) is 0 Å². The molecule has 1 amide bonds. The van der Waals surface area contributed by atoms with Crippen LogP contribution in [0.2, 0.25) is 0 Å². The number of imidazole rings is 1. The molecule has 1 aliphatic carbocycles. The van der Waals surface area contributed by atoms with Gasteiger partial charge in [-0.25, -0.2) is 9.97 Å². The van der Waals surface area contributed by atoms with Crippen LogP contribution in [0, 0.1) is 5.92 Å². The molecule has 1 saturated carbocycles. The predicted octanol–water partition coefficient (Wildman–Crippen LogP) is 2.97. The smallest absolute Gasteiger partial charge is 0.255 e. The maximum absolute atomic E-state index is 13.3. The first-order valence-electron chi connectivity index (χ1n) is 11.0. The largest absolute Gasteiger partial charge is 0.338 e. The number of amides is 1. The van der Waals surface area contributed by atoms with Gasteiger partial charge in [-0.1, -0.05) is 18.9 Å². The van der Waals surface area contributed by atoms with Gasteiger partial charge in [0.05, 0.1) is 11.9 Å². The fourth-order valence-electron chi connectivity index (χ4n) is 5.73. The third-order valence-electron chi connectivity index (χ3n) is 7.15. The first-order chi connectivity index (χ1) is 14.7. The molecular formula is C23H25N5O2. The Morgan fingerprint density at radius 1 is 1.07 bits per heavy atom. The van der Waals surface area contributed by atoms with E-state index in [0.29, 0.717) is 37.2 Å². The van der Waals surface area contributed by atoms with Gasteiger partial charge in [0, 0.05) is 49.6 Å². The summed E-state index contributed by atoms with van der Waals surface area (Å²) in [5.74, 6) is 0.549. The Labute approximate surface area is 174 Å². The number of nitrogens with zero attached hydrogens (tertiary/aromatic N) is 5. The zero-order valence-electron chi connectivity index (χ0n) is 16.9. The number of aromatic nitrogens is 4. The van der Waals surface area contributed by atoms with Crippen LogP contribution >= 0.6 is 0 Å². The van der Waals surface area contributed by atoms with E-state index in [-0.39, 0.29) is 17.4 Å². The van der Waals surface area contributed by atoms with E-state index < -0.39 is 0 Å². The van der Waals surface area contributed by atoms with Crippen LogP contribution in [0.5, 0.6) is 0 Å². The minimum absolute atomic E-state index is 0.0150. The fourth-order valence-corrected chi connectivity index (χ4v) is 5.73. The molecule has 7 nitrogen and oxygen atoms in total. The Bertz CT molecular complexity index is 1190. The molecule has 2 aliphatic heterocycles. The Hall–Kier alpha value is -2.96. The number of piperidine rings is 1. The molecule has 2 atom stereocenters. The van der Waals surface area contributed by atoms with Gasteiger partial charge < -0.3 is 14.0 Å². The van der Waals surface area contributed by atoms with Crippen molar-refractivity contribution in [2.45, 2.75) is 50.6 Å². The van der Waals surface area contributed by atoms with E-state index in [1.165, 1.54) is 25.7 Å². The number of rotatable bonds is 2. The average Bonchev–Trinajstić information content (AvgIpc) is 3.43. The van der Waals surface area contributed by atoms with Gasteiger partial charge in [0.1, 0.15) is 5.52 Å². The van der Waals surface area contributed by atoms with Gasteiger partial charge in [-0.15, -0.1) is 0 Å². The summed E-state index contributed by atoms with van der Waals surface area (Å²) in [6, 6.07) is 7.85. The van der Waals surface area contributed by atoms with E-state index in [1.54, 1.807) is 12.3 Å². The lowest BCUT2D eigenvalue weighted by molar-refractivity contribution is 0.0594. The van der Waals surface area contributed by atoms with Crippen LogP contribution in [0.4, 0.5) is 0 Å². The second-order valence-corrected chi connectivity index (χ2v) is 9.07. The highest BCUT2D eigenvalue weighted by Gasteiger charge is 2.36. The van der Waals surface area contributed by atoms with Crippen LogP contribution < -0.4 is 5.56 Å². The lowest BCUT2D eigenvalue weighted by Crippen LogP contribution is -2.49. The van der Waals surface area contributed by atoms with Crippen LogP contribution in [0.1, 0.15) is 60.1 Å².